The number of phenols is 2. The van der Waals surface area contributed by atoms with Gasteiger partial charge in [0.15, 0.2) is 0 Å². The molecule has 0 radical (unpaired) electrons. The van der Waals surface area contributed by atoms with Gasteiger partial charge in [-0.2, -0.15) is 0 Å². The Morgan fingerprint density at radius 2 is 1.52 bits per heavy atom. The van der Waals surface area contributed by atoms with Crippen molar-refractivity contribution < 1.29 is 20.1 Å². The molecule has 2 aromatic rings. The van der Waals surface area contributed by atoms with Crippen LogP contribution in [-0.2, 0) is 12.8 Å². The lowest BCUT2D eigenvalue weighted by atomic mass is 9.84. The highest BCUT2D eigenvalue weighted by Gasteiger charge is 2.35. The number of para-hydroxylation sites is 2. The fourth-order valence-corrected chi connectivity index (χ4v) is 4.37. The molecule has 0 amide bonds. The number of ether oxygens (including phenoxy) is 1. The molecule has 27 heavy (non-hydrogen) atoms. The van der Waals surface area contributed by atoms with Gasteiger partial charge in [-0.1, -0.05) is 12.1 Å². The number of phenolic OH excluding ortho intramolecular Hbond substituents is 2. The molecule has 6 heteroatoms. The van der Waals surface area contributed by atoms with E-state index in [1.807, 2.05) is 18.2 Å². The Labute approximate surface area is 159 Å². The second kappa shape index (κ2) is 7.29. The van der Waals surface area contributed by atoms with E-state index in [0.29, 0.717) is 18.4 Å². The lowest BCUT2D eigenvalue weighted by Crippen LogP contribution is -2.56. The topological polar surface area (TPSA) is 76.4 Å². The fraction of sp³-hybridized carbons (Fsp3) is 0.429. The quantitative estimate of drug-likeness (QED) is 0.715. The highest BCUT2D eigenvalue weighted by Crippen LogP contribution is 2.37. The lowest BCUT2D eigenvalue weighted by molar-refractivity contribution is 0.0385. The number of aromatic hydroxyl groups is 2. The number of hydrogen-bond donors (Lipinski definition) is 3. The molecule has 1 aliphatic carbocycles. The zero-order valence-electron chi connectivity index (χ0n) is 15.5. The van der Waals surface area contributed by atoms with E-state index in [9.17, 15) is 15.3 Å². The molecule has 6 nitrogen and oxygen atoms in total. The maximum absolute atomic E-state index is 10.7. The highest BCUT2D eigenvalue weighted by atomic mass is 16.5. The minimum absolute atomic E-state index is 0.0509. The number of nitrogens with zero attached hydrogens (tertiary/aromatic N) is 2. The second-order valence-corrected chi connectivity index (χ2v) is 7.30. The SMILES string of the molecule is COc1ccccc1N1CCN([C@H]2Cc3c(O)ccc(O)c3C[C@@H]2O)CC1. The summed E-state index contributed by atoms with van der Waals surface area (Å²) < 4.78 is 5.48. The van der Waals surface area contributed by atoms with Crippen LogP contribution in [0.15, 0.2) is 36.4 Å². The fourth-order valence-electron chi connectivity index (χ4n) is 4.37. The maximum Gasteiger partial charge on any atom is 0.142 e. The third-order valence-corrected chi connectivity index (χ3v) is 5.86. The summed E-state index contributed by atoms with van der Waals surface area (Å²) in [7, 11) is 1.69. The van der Waals surface area contributed by atoms with E-state index in [0.717, 1.165) is 43.2 Å². The number of rotatable bonds is 3. The summed E-state index contributed by atoms with van der Waals surface area (Å²) in [6, 6.07) is 11.0. The Kier molecular flexibility index (Phi) is 4.85. The molecule has 3 N–H and O–H groups in total. The maximum atomic E-state index is 10.7. The zero-order valence-corrected chi connectivity index (χ0v) is 15.5. The van der Waals surface area contributed by atoms with Crippen LogP contribution in [0.25, 0.3) is 0 Å². The van der Waals surface area contributed by atoms with Crippen LogP contribution in [0, 0.1) is 0 Å². The van der Waals surface area contributed by atoms with Gasteiger partial charge in [-0.05, 0) is 30.7 Å². The van der Waals surface area contributed by atoms with Crippen molar-refractivity contribution in [3.63, 3.8) is 0 Å². The van der Waals surface area contributed by atoms with Crippen molar-refractivity contribution in [1.29, 1.82) is 0 Å². The van der Waals surface area contributed by atoms with Gasteiger partial charge in [0.1, 0.15) is 17.2 Å². The number of benzene rings is 2. The third-order valence-electron chi connectivity index (χ3n) is 5.86. The van der Waals surface area contributed by atoms with Crippen molar-refractivity contribution in [3.8, 4) is 17.2 Å². The first-order valence-corrected chi connectivity index (χ1v) is 9.41. The van der Waals surface area contributed by atoms with Crippen LogP contribution in [-0.4, -0.2) is 65.7 Å². The Bertz CT molecular complexity index is 818. The molecule has 1 heterocycles. The molecule has 1 saturated heterocycles. The predicted octanol–water partition coefficient (Wildman–Crippen LogP) is 1.76. The van der Waals surface area contributed by atoms with E-state index >= 15 is 0 Å². The van der Waals surface area contributed by atoms with Gasteiger partial charge in [0.2, 0.25) is 0 Å². The van der Waals surface area contributed by atoms with Crippen molar-refractivity contribution in [2.45, 2.75) is 25.0 Å². The van der Waals surface area contributed by atoms with E-state index in [2.05, 4.69) is 15.9 Å². The number of methoxy groups -OCH3 is 1. The molecule has 0 saturated carbocycles. The molecule has 4 rings (SSSR count). The predicted molar refractivity (Wildman–Crippen MR) is 104 cm³/mol. The Balaban J connectivity index is 1.48. The summed E-state index contributed by atoms with van der Waals surface area (Å²) in [4.78, 5) is 4.60. The molecule has 1 aliphatic heterocycles. The summed E-state index contributed by atoms with van der Waals surface area (Å²) >= 11 is 0. The van der Waals surface area contributed by atoms with Gasteiger partial charge in [-0.3, -0.25) is 4.90 Å². The van der Waals surface area contributed by atoms with Crippen molar-refractivity contribution >= 4 is 5.69 Å². The largest absolute Gasteiger partial charge is 0.508 e. The number of aliphatic hydroxyl groups excluding tert-OH is 1. The Morgan fingerprint density at radius 3 is 2.19 bits per heavy atom. The van der Waals surface area contributed by atoms with Gasteiger partial charge in [0.05, 0.1) is 18.9 Å². The molecular formula is C21H26N2O4. The van der Waals surface area contributed by atoms with Crippen LogP contribution in [0.5, 0.6) is 17.2 Å². The number of piperazine rings is 1. The van der Waals surface area contributed by atoms with Crippen molar-refractivity contribution in [3.05, 3.63) is 47.5 Å². The molecule has 2 atom stereocenters. The smallest absolute Gasteiger partial charge is 0.142 e. The molecule has 1 fully saturated rings. The summed E-state index contributed by atoms with van der Waals surface area (Å²) in [6.45, 7) is 3.36. The van der Waals surface area contributed by atoms with Crippen LogP contribution >= 0.6 is 0 Å². The van der Waals surface area contributed by atoms with Crippen LogP contribution in [0.4, 0.5) is 5.69 Å². The standard InChI is InChI=1S/C21H26N2O4/c1-27-21-5-3-2-4-16(21)22-8-10-23(11-9-22)17-12-14-15(13-20(17)26)19(25)7-6-18(14)24/h2-7,17,20,24-26H,8-13H2,1H3/t17-,20-/m0/s1. The minimum atomic E-state index is -0.553. The number of anilines is 1. The molecule has 144 valence electrons. The first-order valence-electron chi connectivity index (χ1n) is 9.41. The van der Waals surface area contributed by atoms with Crippen LogP contribution < -0.4 is 9.64 Å². The summed E-state index contributed by atoms with van der Waals surface area (Å²) in [5.74, 6) is 1.23. The average molecular weight is 370 g/mol. The molecule has 0 unspecified atom stereocenters. The molecular weight excluding hydrogens is 344 g/mol. The summed E-state index contributed by atoms with van der Waals surface area (Å²) in [5, 5.41) is 30.9. The minimum Gasteiger partial charge on any atom is -0.508 e. The normalized spacial score (nSPS) is 23.1. The number of hydrogen-bond acceptors (Lipinski definition) is 6. The van der Waals surface area contributed by atoms with Crippen LogP contribution in [0.3, 0.4) is 0 Å². The van der Waals surface area contributed by atoms with E-state index in [1.54, 1.807) is 7.11 Å². The van der Waals surface area contributed by atoms with E-state index in [1.165, 1.54) is 12.1 Å². The third kappa shape index (κ3) is 3.31. The van der Waals surface area contributed by atoms with Gasteiger partial charge in [0, 0.05) is 49.8 Å². The molecule has 0 bridgehead atoms. The van der Waals surface area contributed by atoms with Gasteiger partial charge < -0.3 is 25.0 Å². The van der Waals surface area contributed by atoms with Crippen LogP contribution in [0.2, 0.25) is 0 Å². The molecule has 2 aromatic carbocycles. The van der Waals surface area contributed by atoms with Gasteiger partial charge in [-0.15, -0.1) is 0 Å². The Morgan fingerprint density at radius 1 is 0.889 bits per heavy atom. The van der Waals surface area contributed by atoms with Crippen molar-refractivity contribution in [2.24, 2.45) is 0 Å². The van der Waals surface area contributed by atoms with Gasteiger partial charge in [-0.25, -0.2) is 0 Å². The monoisotopic (exact) mass is 370 g/mol. The average Bonchev–Trinajstić information content (AvgIpc) is 2.71. The van der Waals surface area contributed by atoms with E-state index in [-0.39, 0.29) is 17.5 Å². The highest BCUT2D eigenvalue weighted by molar-refractivity contribution is 5.58. The number of aliphatic hydroxyl groups is 1. The van der Waals surface area contributed by atoms with Crippen LogP contribution in [0.1, 0.15) is 11.1 Å². The van der Waals surface area contributed by atoms with E-state index in [4.69, 9.17) is 4.74 Å². The molecule has 0 spiro atoms. The Hall–Kier alpha value is -2.44. The second-order valence-electron chi connectivity index (χ2n) is 7.30. The lowest BCUT2D eigenvalue weighted by Gasteiger charge is -2.44. The molecule has 0 aromatic heterocycles. The zero-order chi connectivity index (χ0) is 19.0. The van der Waals surface area contributed by atoms with Crippen molar-refractivity contribution in [2.75, 3.05) is 38.2 Å². The first-order chi connectivity index (χ1) is 13.1. The first kappa shape index (κ1) is 17.9. The van der Waals surface area contributed by atoms with Crippen molar-refractivity contribution in [1.82, 2.24) is 4.90 Å². The summed E-state index contributed by atoms with van der Waals surface area (Å²) in [6.07, 6.45) is 0.362. The van der Waals surface area contributed by atoms with Gasteiger partial charge in [0.25, 0.3) is 0 Å². The molecule has 2 aliphatic rings. The van der Waals surface area contributed by atoms with E-state index < -0.39 is 6.10 Å². The summed E-state index contributed by atoms with van der Waals surface area (Å²) in [5.41, 5.74) is 2.53. The van der Waals surface area contributed by atoms with Gasteiger partial charge >= 0.3 is 0 Å². The number of fused-ring (bicyclic) bond motifs is 1.